The molecule has 1 aromatic heterocycles. The molecule has 138 valence electrons. The molecule has 0 saturated heterocycles. The number of hydrogen-bond donors (Lipinski definition) is 1. The summed E-state index contributed by atoms with van der Waals surface area (Å²) in [6.07, 6.45) is 2.14. The predicted molar refractivity (Wildman–Crippen MR) is 113 cm³/mol. The van der Waals surface area contributed by atoms with Gasteiger partial charge >= 0.3 is 0 Å². The number of hydrogen-bond acceptors (Lipinski definition) is 5. The molecule has 1 fully saturated rings. The van der Waals surface area contributed by atoms with Gasteiger partial charge in [-0.1, -0.05) is 71.6 Å². The van der Waals surface area contributed by atoms with Crippen LogP contribution < -0.4 is 5.32 Å². The van der Waals surface area contributed by atoms with Gasteiger partial charge in [-0.25, -0.2) is 4.68 Å². The number of para-hydroxylation sites is 1. The van der Waals surface area contributed by atoms with Crippen LogP contribution in [0.4, 0.5) is 0 Å². The lowest BCUT2D eigenvalue weighted by Crippen LogP contribution is -2.29. The molecule has 1 atom stereocenters. The molecular weight excluding hydrogens is 394 g/mol. The van der Waals surface area contributed by atoms with Crippen LogP contribution in [0.5, 0.6) is 0 Å². The minimum Gasteiger partial charge on any atom is -0.352 e. The first-order valence-electron chi connectivity index (χ1n) is 8.80. The fraction of sp³-hybridized carbons (Fsp3) is 0.250. The number of amides is 1. The number of benzene rings is 2. The van der Waals surface area contributed by atoms with Gasteiger partial charge in [-0.3, -0.25) is 4.79 Å². The summed E-state index contributed by atoms with van der Waals surface area (Å²) in [7, 11) is 0. The quantitative estimate of drug-likeness (QED) is 0.452. The van der Waals surface area contributed by atoms with Crippen molar-refractivity contribution in [2.75, 3.05) is 0 Å². The Labute approximate surface area is 171 Å². The maximum atomic E-state index is 12.8. The van der Waals surface area contributed by atoms with Crippen LogP contribution in [0.25, 0.3) is 5.69 Å². The summed E-state index contributed by atoms with van der Waals surface area (Å²) < 4.78 is 3.27. The van der Waals surface area contributed by atoms with E-state index in [1.165, 1.54) is 23.1 Å². The Bertz CT molecular complexity index is 1010. The molecule has 0 aliphatic heterocycles. The topological polar surface area (TPSA) is 46.9 Å². The highest BCUT2D eigenvalue weighted by atomic mass is 32.2. The third-order valence-electron chi connectivity index (χ3n) is 4.36. The number of thioether (sulfide) groups is 1. The van der Waals surface area contributed by atoms with Gasteiger partial charge in [0.15, 0.2) is 8.29 Å². The van der Waals surface area contributed by atoms with E-state index in [4.69, 9.17) is 17.3 Å². The summed E-state index contributed by atoms with van der Waals surface area (Å²) in [6, 6.07) is 18.2. The second-order valence-corrected chi connectivity index (χ2v) is 9.50. The van der Waals surface area contributed by atoms with E-state index in [9.17, 15) is 4.79 Å². The van der Waals surface area contributed by atoms with Crippen LogP contribution in [0.3, 0.4) is 0 Å². The first kappa shape index (κ1) is 18.4. The van der Waals surface area contributed by atoms with E-state index in [1.807, 2.05) is 61.5 Å². The highest BCUT2D eigenvalue weighted by Crippen LogP contribution is 2.38. The zero-order valence-corrected chi connectivity index (χ0v) is 17.2. The van der Waals surface area contributed by atoms with Gasteiger partial charge in [0, 0.05) is 6.04 Å². The first-order valence-corrected chi connectivity index (χ1v) is 10.9. The minimum absolute atomic E-state index is 0.0391. The molecule has 2 aromatic carbocycles. The third-order valence-corrected chi connectivity index (χ3v) is 6.93. The lowest BCUT2D eigenvalue weighted by Gasteiger charge is -2.15. The summed E-state index contributed by atoms with van der Waals surface area (Å²) >= 11 is 8.44. The highest BCUT2D eigenvalue weighted by molar-refractivity contribution is 8.02. The van der Waals surface area contributed by atoms with Gasteiger partial charge in [-0.2, -0.15) is 0 Å². The largest absolute Gasteiger partial charge is 0.352 e. The van der Waals surface area contributed by atoms with Gasteiger partial charge in [0.25, 0.3) is 0 Å². The molecule has 1 heterocycles. The Morgan fingerprint density at radius 1 is 1.22 bits per heavy atom. The van der Waals surface area contributed by atoms with Crippen LogP contribution in [-0.2, 0) is 4.79 Å². The summed E-state index contributed by atoms with van der Waals surface area (Å²) in [5.41, 5.74) is 3.06. The molecule has 27 heavy (non-hydrogen) atoms. The molecule has 4 rings (SSSR count). The normalized spacial score (nSPS) is 14.7. The molecule has 3 aromatic rings. The predicted octanol–water partition coefficient (Wildman–Crippen LogP) is 5.08. The van der Waals surface area contributed by atoms with E-state index in [0.717, 1.165) is 34.0 Å². The van der Waals surface area contributed by atoms with Gasteiger partial charge in [0.2, 0.25) is 5.91 Å². The van der Waals surface area contributed by atoms with E-state index in [-0.39, 0.29) is 11.2 Å². The summed E-state index contributed by atoms with van der Waals surface area (Å²) in [5, 5.41) is 7.48. The Morgan fingerprint density at radius 2 is 1.93 bits per heavy atom. The van der Waals surface area contributed by atoms with E-state index < -0.39 is 0 Å². The molecule has 7 heteroatoms. The van der Waals surface area contributed by atoms with Crippen LogP contribution in [-0.4, -0.2) is 21.7 Å². The molecule has 1 aliphatic carbocycles. The van der Waals surface area contributed by atoms with Crippen molar-refractivity contribution >= 4 is 41.2 Å². The smallest absolute Gasteiger partial charge is 0.238 e. The van der Waals surface area contributed by atoms with Crippen LogP contribution in [0.2, 0.25) is 0 Å². The fourth-order valence-electron chi connectivity index (χ4n) is 2.77. The molecule has 1 saturated carbocycles. The average molecular weight is 414 g/mol. The number of nitrogens with zero attached hydrogens (tertiary/aromatic N) is 2. The molecule has 0 bridgehead atoms. The summed E-state index contributed by atoms with van der Waals surface area (Å²) in [4.78, 5) is 12.8. The molecule has 0 spiro atoms. The third kappa shape index (κ3) is 4.31. The van der Waals surface area contributed by atoms with Crippen LogP contribution in [0, 0.1) is 10.9 Å². The molecule has 4 nitrogen and oxygen atoms in total. The highest BCUT2D eigenvalue weighted by Gasteiger charge is 2.30. The number of aryl methyl sites for hydroxylation is 1. The van der Waals surface area contributed by atoms with E-state index in [0.29, 0.717) is 10.00 Å². The number of carbonyl (C=O) groups is 1. The van der Waals surface area contributed by atoms with Crippen molar-refractivity contribution in [3.8, 4) is 5.69 Å². The van der Waals surface area contributed by atoms with E-state index in [2.05, 4.69) is 5.32 Å². The van der Waals surface area contributed by atoms with Gasteiger partial charge in [-0.05, 0) is 49.2 Å². The zero-order valence-electron chi connectivity index (χ0n) is 14.8. The molecule has 1 N–H and O–H groups in total. The zero-order chi connectivity index (χ0) is 18.8. The average Bonchev–Trinajstić information content (AvgIpc) is 3.41. The Morgan fingerprint density at radius 3 is 2.63 bits per heavy atom. The van der Waals surface area contributed by atoms with Crippen molar-refractivity contribution in [1.82, 2.24) is 15.1 Å². The van der Waals surface area contributed by atoms with Crippen molar-refractivity contribution in [1.29, 1.82) is 0 Å². The number of nitrogens with one attached hydrogen (secondary N) is 1. The molecular formula is C20H19N3OS3. The van der Waals surface area contributed by atoms with Crippen molar-refractivity contribution < 1.29 is 4.79 Å². The standard InChI is InChI=1S/C20H19N3OS3/c1-13-7-5-6-10-16(13)23-20(25)27-19(22-23)26-17(14-8-3-2-4-9-14)18(24)21-15-11-12-15/h2-10,15,17H,11-12H2,1H3,(H,21,24)/t17-/m0/s1. The lowest BCUT2D eigenvalue weighted by atomic mass is 10.1. The second-order valence-electron chi connectivity index (χ2n) is 6.52. The van der Waals surface area contributed by atoms with E-state index in [1.54, 1.807) is 4.68 Å². The van der Waals surface area contributed by atoms with Gasteiger partial charge in [0.05, 0.1) is 5.69 Å². The van der Waals surface area contributed by atoms with Gasteiger partial charge in [-0.15, -0.1) is 5.10 Å². The van der Waals surface area contributed by atoms with Crippen molar-refractivity contribution in [3.05, 3.63) is 69.7 Å². The van der Waals surface area contributed by atoms with Gasteiger partial charge in [0.1, 0.15) is 5.25 Å². The van der Waals surface area contributed by atoms with Crippen LogP contribution >= 0.6 is 35.3 Å². The Balaban J connectivity index is 1.63. The fourth-order valence-corrected chi connectivity index (χ4v) is 5.32. The Hall–Kier alpha value is -1.96. The van der Waals surface area contributed by atoms with Crippen molar-refractivity contribution in [2.24, 2.45) is 0 Å². The first-order chi connectivity index (χ1) is 13.1. The van der Waals surface area contributed by atoms with Crippen molar-refractivity contribution in [2.45, 2.75) is 35.4 Å². The Kier molecular flexibility index (Phi) is 5.43. The SMILES string of the molecule is Cc1ccccc1-n1nc(S[C@H](C(=O)NC2CC2)c2ccccc2)sc1=S. The molecule has 1 amide bonds. The van der Waals surface area contributed by atoms with Crippen molar-refractivity contribution in [3.63, 3.8) is 0 Å². The number of rotatable bonds is 6. The van der Waals surface area contributed by atoms with E-state index >= 15 is 0 Å². The lowest BCUT2D eigenvalue weighted by molar-refractivity contribution is -0.120. The number of aromatic nitrogens is 2. The van der Waals surface area contributed by atoms with Gasteiger partial charge < -0.3 is 5.32 Å². The molecule has 0 unspecified atom stereocenters. The molecule has 1 aliphatic rings. The maximum absolute atomic E-state index is 12.8. The molecule has 0 radical (unpaired) electrons. The van der Waals surface area contributed by atoms with Crippen LogP contribution in [0.1, 0.15) is 29.2 Å². The van der Waals surface area contributed by atoms with Crippen LogP contribution in [0.15, 0.2) is 58.9 Å². The summed E-state index contributed by atoms with van der Waals surface area (Å²) in [5.74, 6) is 0.0391. The second kappa shape index (κ2) is 7.96. The summed E-state index contributed by atoms with van der Waals surface area (Å²) in [6.45, 7) is 2.04. The number of carbonyl (C=O) groups excluding carboxylic acids is 1. The minimum atomic E-state index is -0.335. The maximum Gasteiger partial charge on any atom is 0.238 e. The monoisotopic (exact) mass is 413 g/mol.